The molecular formula is C33H44N4O6. The van der Waals surface area contributed by atoms with Gasteiger partial charge in [0.05, 0.1) is 31.8 Å². The van der Waals surface area contributed by atoms with Crippen molar-refractivity contribution in [3.63, 3.8) is 0 Å². The summed E-state index contributed by atoms with van der Waals surface area (Å²) >= 11 is 0. The van der Waals surface area contributed by atoms with Crippen LogP contribution in [0.3, 0.4) is 0 Å². The molecule has 5 rings (SSSR count). The third-order valence-electron chi connectivity index (χ3n) is 8.28. The minimum Gasteiger partial charge on any atom is -0.496 e. The first-order chi connectivity index (χ1) is 20.6. The molecule has 2 aliphatic heterocycles. The van der Waals surface area contributed by atoms with Gasteiger partial charge in [0, 0.05) is 75.1 Å². The summed E-state index contributed by atoms with van der Waals surface area (Å²) in [5.74, 6) is 1.51. The van der Waals surface area contributed by atoms with Crippen molar-refractivity contribution in [1.29, 1.82) is 0 Å². The van der Waals surface area contributed by atoms with Crippen LogP contribution < -0.4 is 15.0 Å². The molecule has 4 heterocycles. The maximum absolute atomic E-state index is 12.7. The number of fused-ring (bicyclic) bond motifs is 1. The van der Waals surface area contributed by atoms with Crippen LogP contribution in [0.2, 0.25) is 0 Å². The average Bonchev–Trinajstić information content (AvgIpc) is 2.99. The summed E-state index contributed by atoms with van der Waals surface area (Å²) in [7, 11) is 5.10. The maximum atomic E-state index is 12.7. The predicted molar refractivity (Wildman–Crippen MR) is 166 cm³/mol. The zero-order valence-electron chi connectivity index (χ0n) is 26.2. The van der Waals surface area contributed by atoms with Crippen LogP contribution in [0.5, 0.6) is 11.5 Å². The Morgan fingerprint density at radius 1 is 0.930 bits per heavy atom. The third kappa shape index (κ3) is 7.13. The van der Waals surface area contributed by atoms with Crippen LogP contribution in [0, 0.1) is 0 Å². The highest BCUT2D eigenvalue weighted by Gasteiger charge is 2.30. The molecule has 0 bridgehead atoms. The van der Waals surface area contributed by atoms with Gasteiger partial charge in [-0.15, -0.1) is 0 Å². The van der Waals surface area contributed by atoms with Gasteiger partial charge in [-0.25, -0.2) is 4.79 Å². The lowest BCUT2D eigenvalue weighted by Gasteiger charge is -2.37. The van der Waals surface area contributed by atoms with E-state index in [0.717, 1.165) is 78.9 Å². The molecule has 1 aromatic carbocycles. The maximum Gasteiger partial charge on any atom is 0.410 e. The molecule has 0 N–H and O–H groups in total. The highest BCUT2D eigenvalue weighted by atomic mass is 16.6. The van der Waals surface area contributed by atoms with Crippen molar-refractivity contribution in [3.8, 4) is 22.6 Å². The first-order valence-electron chi connectivity index (χ1n) is 15.1. The minimum atomic E-state index is -0.481. The molecule has 2 fully saturated rings. The fraction of sp³-hybridized carbons (Fsp3) is 0.545. The van der Waals surface area contributed by atoms with Gasteiger partial charge in [0.15, 0.2) is 0 Å². The number of ether oxygens (including phenoxy) is 4. The lowest BCUT2D eigenvalue weighted by Crippen LogP contribution is -2.45. The lowest BCUT2D eigenvalue weighted by atomic mass is 9.98. The molecule has 0 aliphatic carbocycles. The Labute approximate surface area is 253 Å². The minimum absolute atomic E-state index is 0.0898. The number of hydrogen-bond acceptors (Lipinski definition) is 8. The summed E-state index contributed by atoms with van der Waals surface area (Å²) in [4.78, 5) is 33.5. The van der Waals surface area contributed by atoms with Crippen LogP contribution in [0.15, 0.2) is 41.6 Å². The Hall–Kier alpha value is -3.63. The molecule has 2 aromatic heterocycles. The number of hydrogen-bond donors (Lipinski definition) is 0. The number of aryl methyl sites for hydroxylation is 1. The highest BCUT2D eigenvalue weighted by Crippen LogP contribution is 2.39. The smallest absolute Gasteiger partial charge is 0.410 e. The SMILES string of the molecule is COc1cc(-c2cn(C)c(=O)c3cnccc23)c(OC)cc1CN1CCC(OC2CCN(C(=O)OC(C)(C)C)CC2)CC1. The van der Waals surface area contributed by atoms with Crippen LogP contribution in [-0.2, 0) is 23.1 Å². The number of nitrogens with zero attached hydrogens (tertiary/aromatic N) is 4. The van der Waals surface area contributed by atoms with E-state index in [1.165, 1.54) is 0 Å². The van der Waals surface area contributed by atoms with Gasteiger partial charge >= 0.3 is 6.09 Å². The number of aromatic nitrogens is 2. The third-order valence-corrected chi connectivity index (χ3v) is 8.28. The van der Waals surface area contributed by atoms with Crippen molar-refractivity contribution >= 4 is 16.9 Å². The number of carbonyl (C=O) groups is 1. The summed E-state index contributed by atoms with van der Waals surface area (Å²) in [5.41, 5.74) is 2.22. The van der Waals surface area contributed by atoms with Crippen molar-refractivity contribution in [1.82, 2.24) is 19.4 Å². The van der Waals surface area contributed by atoms with Crippen LogP contribution in [0.25, 0.3) is 21.9 Å². The van der Waals surface area contributed by atoms with Gasteiger partial charge in [0.1, 0.15) is 17.1 Å². The summed E-state index contributed by atoms with van der Waals surface area (Å²) in [6, 6.07) is 5.92. The van der Waals surface area contributed by atoms with Gasteiger partial charge < -0.3 is 28.4 Å². The molecule has 0 spiro atoms. The van der Waals surface area contributed by atoms with E-state index in [1.54, 1.807) is 43.1 Å². The van der Waals surface area contributed by atoms with Crippen LogP contribution in [-0.4, -0.2) is 83.7 Å². The molecular weight excluding hydrogens is 548 g/mol. The topological polar surface area (TPSA) is 95.4 Å². The Kier molecular flexibility index (Phi) is 9.27. The molecule has 0 unspecified atom stereocenters. The molecule has 0 radical (unpaired) electrons. The highest BCUT2D eigenvalue weighted by molar-refractivity contribution is 5.97. The molecule has 10 nitrogen and oxygen atoms in total. The van der Waals surface area contributed by atoms with E-state index in [2.05, 4.69) is 9.88 Å². The normalized spacial score (nSPS) is 17.3. The van der Waals surface area contributed by atoms with Gasteiger partial charge in [-0.05, 0) is 70.0 Å². The van der Waals surface area contributed by atoms with E-state index in [1.807, 2.05) is 45.2 Å². The van der Waals surface area contributed by atoms with E-state index in [0.29, 0.717) is 18.5 Å². The number of piperidine rings is 2. The second-order valence-electron chi connectivity index (χ2n) is 12.5. The van der Waals surface area contributed by atoms with Gasteiger partial charge in [0.2, 0.25) is 0 Å². The predicted octanol–water partition coefficient (Wildman–Crippen LogP) is 5.00. The first-order valence-corrected chi connectivity index (χ1v) is 15.1. The summed E-state index contributed by atoms with van der Waals surface area (Å²) < 4.78 is 25.3. The van der Waals surface area contributed by atoms with Gasteiger partial charge in [-0.3, -0.25) is 14.7 Å². The molecule has 232 valence electrons. The monoisotopic (exact) mass is 592 g/mol. The van der Waals surface area contributed by atoms with Crippen molar-refractivity contribution < 1.29 is 23.7 Å². The molecule has 0 saturated carbocycles. The fourth-order valence-corrected chi connectivity index (χ4v) is 6.04. The molecule has 3 aromatic rings. The number of amides is 1. The zero-order chi connectivity index (χ0) is 30.7. The molecule has 10 heteroatoms. The fourth-order valence-electron chi connectivity index (χ4n) is 6.04. The average molecular weight is 593 g/mol. The number of pyridine rings is 2. The lowest BCUT2D eigenvalue weighted by molar-refractivity contribution is -0.0669. The molecule has 2 saturated heterocycles. The van der Waals surface area contributed by atoms with Crippen LogP contribution >= 0.6 is 0 Å². The molecule has 43 heavy (non-hydrogen) atoms. The summed E-state index contributed by atoms with van der Waals surface area (Å²) in [6.07, 6.45) is 8.91. The standard InChI is InChI=1S/C33H44N4O6/c1-33(2,3)43-32(39)37-15-10-24(11-16-37)42-23-8-13-36(14-9-23)20-22-17-30(41-6)26(18-29(22)40-5)28-21-35(4)31(38)27-19-34-12-7-25(27)28/h7,12,17-19,21,23-24H,8-11,13-16,20H2,1-6H3. The molecule has 1 amide bonds. The van der Waals surface area contributed by atoms with Gasteiger partial charge in [-0.1, -0.05) is 0 Å². The van der Waals surface area contributed by atoms with E-state index in [4.69, 9.17) is 18.9 Å². The number of carbonyl (C=O) groups excluding carboxylic acids is 1. The zero-order valence-corrected chi connectivity index (χ0v) is 26.2. The van der Waals surface area contributed by atoms with Crippen molar-refractivity contribution in [2.24, 2.45) is 7.05 Å². The quantitative estimate of drug-likeness (QED) is 0.379. The Balaban J connectivity index is 1.21. The van der Waals surface area contributed by atoms with Crippen molar-refractivity contribution in [2.75, 3.05) is 40.4 Å². The number of likely N-dealkylation sites (tertiary alicyclic amines) is 2. The first kappa shape index (κ1) is 30.8. The van der Waals surface area contributed by atoms with Crippen molar-refractivity contribution in [3.05, 3.63) is 52.7 Å². The second kappa shape index (κ2) is 12.9. The van der Waals surface area contributed by atoms with Crippen LogP contribution in [0.4, 0.5) is 4.79 Å². The van der Waals surface area contributed by atoms with E-state index < -0.39 is 5.60 Å². The van der Waals surface area contributed by atoms with Crippen LogP contribution in [0.1, 0.15) is 52.0 Å². The van der Waals surface area contributed by atoms with Gasteiger partial charge in [0.25, 0.3) is 5.56 Å². The Bertz CT molecular complexity index is 1500. The summed E-state index contributed by atoms with van der Waals surface area (Å²) in [6.45, 7) is 9.60. The number of rotatable bonds is 7. The van der Waals surface area contributed by atoms with Crippen molar-refractivity contribution in [2.45, 2.75) is 70.8 Å². The largest absolute Gasteiger partial charge is 0.496 e. The van der Waals surface area contributed by atoms with E-state index >= 15 is 0 Å². The number of methoxy groups -OCH3 is 2. The Morgan fingerprint density at radius 2 is 1.58 bits per heavy atom. The van der Waals surface area contributed by atoms with E-state index in [-0.39, 0.29) is 23.9 Å². The van der Waals surface area contributed by atoms with Gasteiger partial charge in [-0.2, -0.15) is 0 Å². The summed E-state index contributed by atoms with van der Waals surface area (Å²) in [5, 5.41) is 1.38. The Morgan fingerprint density at radius 3 is 2.21 bits per heavy atom. The molecule has 0 atom stereocenters. The molecule has 2 aliphatic rings. The van der Waals surface area contributed by atoms with E-state index in [9.17, 15) is 9.59 Å². The number of benzene rings is 1. The second-order valence-corrected chi connectivity index (χ2v) is 12.5.